The van der Waals surface area contributed by atoms with Crippen LogP contribution in [0.5, 0.6) is 0 Å². The third-order valence-corrected chi connectivity index (χ3v) is 6.65. The first kappa shape index (κ1) is 25.4. The summed E-state index contributed by atoms with van der Waals surface area (Å²) in [4.78, 5) is 12.7. The number of halogens is 1. The predicted molar refractivity (Wildman–Crippen MR) is 125 cm³/mol. The van der Waals surface area contributed by atoms with E-state index in [2.05, 4.69) is 10.3 Å². The van der Waals surface area contributed by atoms with Gasteiger partial charge in [-0.15, -0.1) is 5.10 Å². The Kier molecular flexibility index (Phi) is 7.05. The van der Waals surface area contributed by atoms with Crippen molar-refractivity contribution >= 4 is 16.1 Å². The summed E-state index contributed by atoms with van der Waals surface area (Å²) in [6.07, 6.45) is -2.95. The Bertz CT molecular complexity index is 1370. The Hall–Kier alpha value is -3.23. The van der Waals surface area contributed by atoms with Crippen LogP contribution in [0.4, 0.5) is 4.39 Å². The van der Waals surface area contributed by atoms with Gasteiger partial charge in [0, 0.05) is 11.1 Å². The molecule has 0 amide bonds. The lowest BCUT2D eigenvalue weighted by Gasteiger charge is -2.48. The fourth-order valence-corrected chi connectivity index (χ4v) is 5.12. The van der Waals surface area contributed by atoms with Crippen molar-refractivity contribution in [1.29, 1.82) is 0 Å². The van der Waals surface area contributed by atoms with Crippen molar-refractivity contribution < 1.29 is 40.7 Å². The molecule has 11 nitrogen and oxygen atoms in total. The molecule has 3 aromatic rings. The molecular formula is C24H24FN3O8S. The highest BCUT2D eigenvalue weighted by Crippen LogP contribution is 2.41. The van der Waals surface area contributed by atoms with E-state index in [-0.39, 0.29) is 6.61 Å². The molecule has 2 fully saturated rings. The maximum atomic E-state index is 13.8. The number of carbonyl (C=O) groups excluding carboxylic acids is 1. The van der Waals surface area contributed by atoms with Crippen LogP contribution in [0.15, 0.2) is 60.8 Å². The van der Waals surface area contributed by atoms with Crippen molar-refractivity contribution in [2.45, 2.75) is 36.7 Å². The number of esters is 1. The van der Waals surface area contributed by atoms with Crippen molar-refractivity contribution in [2.24, 2.45) is 0 Å². The number of methoxy groups -OCH3 is 1. The molecule has 2 aliphatic heterocycles. The van der Waals surface area contributed by atoms with Gasteiger partial charge in [0.15, 0.2) is 12.4 Å². The van der Waals surface area contributed by atoms with Crippen molar-refractivity contribution in [3.05, 3.63) is 72.2 Å². The molecule has 0 spiro atoms. The molecular weight excluding hydrogens is 509 g/mol. The zero-order valence-electron chi connectivity index (χ0n) is 19.8. The number of fused-ring (bicyclic) bond motifs is 1. The molecule has 1 aromatic heterocycles. The molecule has 3 heterocycles. The van der Waals surface area contributed by atoms with Crippen molar-refractivity contribution in [1.82, 2.24) is 15.0 Å². The Balaban J connectivity index is 1.58. The van der Waals surface area contributed by atoms with Crippen LogP contribution in [-0.2, 0) is 38.0 Å². The molecule has 196 valence electrons. The van der Waals surface area contributed by atoms with Gasteiger partial charge in [-0.25, -0.2) is 13.9 Å². The molecule has 37 heavy (non-hydrogen) atoms. The summed E-state index contributed by atoms with van der Waals surface area (Å²) in [5.41, 5.74) is 1.51. The van der Waals surface area contributed by atoms with Gasteiger partial charge in [-0.05, 0) is 12.1 Å². The number of benzene rings is 2. The minimum absolute atomic E-state index is 0.0330. The normalized spacial score (nSPS) is 27.9. The number of aromatic nitrogens is 3. The first-order chi connectivity index (χ1) is 17.7. The lowest BCUT2D eigenvalue weighted by molar-refractivity contribution is -0.312. The molecule has 2 aliphatic rings. The molecule has 0 bridgehead atoms. The average Bonchev–Trinajstić information content (AvgIpc) is 3.37. The third-order valence-electron chi connectivity index (χ3n) is 6.08. The van der Waals surface area contributed by atoms with Crippen LogP contribution in [0.25, 0.3) is 11.3 Å². The van der Waals surface area contributed by atoms with E-state index in [0.717, 1.165) is 18.9 Å². The summed E-state index contributed by atoms with van der Waals surface area (Å²) >= 11 is 0. The number of rotatable bonds is 6. The summed E-state index contributed by atoms with van der Waals surface area (Å²) in [5, 5.41) is 8.31. The smallest absolute Gasteiger partial charge is 0.337 e. The second kappa shape index (κ2) is 10.3. The Morgan fingerprint density at radius 2 is 1.92 bits per heavy atom. The highest BCUT2D eigenvalue weighted by Gasteiger charge is 2.55. The molecule has 2 saturated heterocycles. The van der Waals surface area contributed by atoms with E-state index in [1.54, 1.807) is 6.07 Å². The number of carbonyl (C=O) groups is 1. The fraction of sp³-hybridized carbons (Fsp3) is 0.375. The van der Waals surface area contributed by atoms with Crippen molar-refractivity contribution in [3.63, 3.8) is 0 Å². The maximum absolute atomic E-state index is 13.8. The lowest BCUT2D eigenvalue weighted by atomic mass is 9.91. The third kappa shape index (κ3) is 5.40. The number of nitrogens with zero attached hydrogens (tertiary/aromatic N) is 3. The molecule has 5 rings (SSSR count). The predicted octanol–water partition coefficient (Wildman–Crippen LogP) is 2.02. The molecule has 0 N–H and O–H groups in total. The Morgan fingerprint density at radius 1 is 1.14 bits per heavy atom. The van der Waals surface area contributed by atoms with Crippen LogP contribution in [0.1, 0.15) is 17.9 Å². The van der Waals surface area contributed by atoms with Gasteiger partial charge in [0.1, 0.15) is 35.9 Å². The van der Waals surface area contributed by atoms with Crippen LogP contribution in [-0.4, -0.2) is 73.8 Å². The van der Waals surface area contributed by atoms with Crippen LogP contribution in [0.2, 0.25) is 0 Å². The van der Waals surface area contributed by atoms with Gasteiger partial charge in [-0.3, -0.25) is 4.18 Å². The Morgan fingerprint density at radius 3 is 2.62 bits per heavy atom. The van der Waals surface area contributed by atoms with E-state index >= 15 is 0 Å². The molecule has 6 atom stereocenters. The minimum atomic E-state index is -4.08. The van der Waals surface area contributed by atoms with Gasteiger partial charge >= 0.3 is 5.97 Å². The van der Waals surface area contributed by atoms with E-state index in [0.29, 0.717) is 11.3 Å². The van der Waals surface area contributed by atoms with Crippen LogP contribution >= 0.6 is 0 Å². The first-order valence-electron chi connectivity index (χ1n) is 11.3. The molecule has 0 unspecified atom stereocenters. The monoisotopic (exact) mass is 533 g/mol. The molecule has 13 heteroatoms. The van der Waals surface area contributed by atoms with Gasteiger partial charge in [-0.2, -0.15) is 8.42 Å². The summed E-state index contributed by atoms with van der Waals surface area (Å²) in [7, 11) is -2.93. The lowest BCUT2D eigenvalue weighted by Crippen LogP contribution is -2.62. The van der Waals surface area contributed by atoms with Gasteiger partial charge in [-0.1, -0.05) is 47.7 Å². The molecule has 0 aliphatic carbocycles. The summed E-state index contributed by atoms with van der Waals surface area (Å²) < 4.78 is 68.0. The van der Waals surface area contributed by atoms with Crippen molar-refractivity contribution in [2.75, 3.05) is 20.0 Å². The number of hydrogen-bond donors (Lipinski definition) is 0. The highest BCUT2D eigenvalue weighted by atomic mass is 32.2. The zero-order chi connectivity index (χ0) is 26.2. The quantitative estimate of drug-likeness (QED) is 0.343. The minimum Gasteiger partial charge on any atom is -0.467 e. The summed E-state index contributed by atoms with van der Waals surface area (Å²) in [6.45, 7) is 0.0330. The van der Waals surface area contributed by atoms with E-state index in [9.17, 15) is 17.6 Å². The van der Waals surface area contributed by atoms with Gasteiger partial charge in [0.05, 0.1) is 26.2 Å². The van der Waals surface area contributed by atoms with E-state index in [1.165, 1.54) is 29.1 Å². The standard InChI is InChI=1S/C24H24FN3O8S/c1-32-23(29)22-21(36-37(2,30)31)19(28-12-17(26-27-28)15-9-6-10-16(25)11-15)20-18(34-22)13-33-24(35-20)14-7-4-3-5-8-14/h3-12,18-22,24H,13H2,1-2H3/t18-,19+,20+,21-,22-,24+/m1/s1. The average molecular weight is 534 g/mol. The largest absolute Gasteiger partial charge is 0.467 e. The second-order valence-corrected chi connectivity index (χ2v) is 10.2. The van der Waals surface area contributed by atoms with Gasteiger partial charge in [0.25, 0.3) is 10.1 Å². The molecule has 0 saturated carbocycles. The molecule has 0 radical (unpaired) electrons. The number of ether oxygens (including phenoxy) is 4. The van der Waals surface area contributed by atoms with Crippen LogP contribution < -0.4 is 0 Å². The van der Waals surface area contributed by atoms with Crippen molar-refractivity contribution in [3.8, 4) is 11.3 Å². The zero-order valence-corrected chi connectivity index (χ0v) is 20.7. The van der Waals surface area contributed by atoms with E-state index < -0.39 is 58.7 Å². The molecule has 2 aromatic carbocycles. The summed E-state index contributed by atoms with van der Waals surface area (Å²) in [6, 6.07) is 13.9. The second-order valence-electron chi connectivity index (χ2n) is 8.64. The topological polar surface area (TPSA) is 128 Å². The maximum Gasteiger partial charge on any atom is 0.337 e. The van der Waals surface area contributed by atoms with Gasteiger partial charge < -0.3 is 18.9 Å². The van der Waals surface area contributed by atoms with Gasteiger partial charge in [0.2, 0.25) is 0 Å². The SMILES string of the molecule is COC(=O)[C@@H]1O[C@@H]2CO[C@H](c3ccccc3)O[C@@H]2[C@H](n2cc(-c3cccc(F)c3)nn2)[C@H]1OS(C)(=O)=O. The Labute approximate surface area is 212 Å². The van der Waals surface area contributed by atoms with E-state index in [1.807, 2.05) is 30.3 Å². The number of hydrogen-bond acceptors (Lipinski definition) is 10. The summed E-state index contributed by atoms with van der Waals surface area (Å²) in [5.74, 6) is -1.30. The fourth-order valence-electron chi connectivity index (χ4n) is 4.50. The van der Waals surface area contributed by atoms with Crippen LogP contribution in [0.3, 0.4) is 0 Å². The van der Waals surface area contributed by atoms with E-state index in [4.69, 9.17) is 23.1 Å². The first-order valence-corrected chi connectivity index (χ1v) is 13.2. The highest BCUT2D eigenvalue weighted by molar-refractivity contribution is 7.86. The van der Waals surface area contributed by atoms with Crippen LogP contribution in [0, 0.1) is 5.82 Å².